The van der Waals surface area contributed by atoms with Crippen LogP contribution in [0.4, 0.5) is 0 Å². The molecule has 0 unspecified atom stereocenters. The van der Waals surface area contributed by atoms with Gasteiger partial charge in [0.15, 0.2) is 0 Å². The third-order valence-corrected chi connectivity index (χ3v) is 0. The summed E-state index contributed by atoms with van der Waals surface area (Å²) >= 11 is 0. The van der Waals surface area contributed by atoms with E-state index in [4.69, 9.17) is 0 Å². The Bertz CT molecular complexity index is 13.5. The number of hydrogen-bond acceptors (Lipinski definition) is 0. The molecule has 0 aromatic rings. The van der Waals surface area contributed by atoms with Crippen molar-refractivity contribution in [1.82, 2.24) is 0 Å². The van der Waals surface area contributed by atoms with E-state index >= 15 is 0 Å². The molecule has 0 amide bonds. The SMILES string of the molecule is C#C.[CH3-].[H-].[Li+].[Li+]. The summed E-state index contributed by atoms with van der Waals surface area (Å²) in [6, 6.07) is 0. The average molecular weight is 56.0 g/mol. The molecule has 20 valence electrons. The van der Waals surface area contributed by atoms with Gasteiger partial charge in [0, 0.05) is 0 Å². The zero-order chi connectivity index (χ0) is 2.00. The molecule has 0 saturated carbocycles. The summed E-state index contributed by atoms with van der Waals surface area (Å²) in [6.07, 6.45) is 8.00. The molecule has 0 aliphatic rings. The number of hydrogen-bond donors (Lipinski definition) is 0. The molecule has 0 fully saturated rings. The van der Waals surface area contributed by atoms with E-state index in [0.717, 1.165) is 0 Å². The predicted molar refractivity (Wildman–Crippen MR) is 17.4 cm³/mol. The summed E-state index contributed by atoms with van der Waals surface area (Å²) in [5.74, 6) is 0. The maximum atomic E-state index is 4.00. The molecule has 0 heterocycles. The Morgan fingerprint density at radius 1 is 1.00 bits per heavy atom. The Kier molecular flexibility index (Phi) is 994. The van der Waals surface area contributed by atoms with Gasteiger partial charge in [0.2, 0.25) is 0 Å². The fourth-order valence-electron chi connectivity index (χ4n) is 0. The largest absolute Gasteiger partial charge is 1.00 e. The minimum atomic E-state index is 0. The van der Waals surface area contributed by atoms with Gasteiger partial charge in [-0.3, -0.25) is 0 Å². The summed E-state index contributed by atoms with van der Waals surface area (Å²) in [5.41, 5.74) is 0. The molecule has 0 spiro atoms. The normalized spacial score (nSPS) is 0.400. The molecule has 0 saturated heterocycles. The van der Waals surface area contributed by atoms with Crippen LogP contribution in [0.5, 0.6) is 0 Å². The standard InChI is InChI=1S/C2H2.CH3.2Li.H/c1-2;;;;/h1-2H;1H3;;;/q;-1;2*+1;-1. The van der Waals surface area contributed by atoms with Crippen LogP contribution in [0.15, 0.2) is 0 Å². The van der Waals surface area contributed by atoms with Gasteiger partial charge in [-0.15, -0.1) is 12.8 Å². The first-order valence-electron chi connectivity index (χ1n) is 0.333. The first kappa shape index (κ1) is 42.3. The molecule has 0 aliphatic carbocycles. The maximum Gasteiger partial charge on any atom is 1.00 e. The molecule has 0 radical (unpaired) electrons. The Hall–Kier alpha value is 0.755. The second-order valence-electron chi connectivity index (χ2n) is 0. The molecule has 0 rings (SSSR count). The quantitative estimate of drug-likeness (QED) is 0.148. The van der Waals surface area contributed by atoms with Gasteiger partial charge in [-0.25, -0.2) is 0 Å². The van der Waals surface area contributed by atoms with Gasteiger partial charge in [-0.05, 0) is 0 Å². The van der Waals surface area contributed by atoms with Crippen molar-refractivity contribution >= 4 is 0 Å². The summed E-state index contributed by atoms with van der Waals surface area (Å²) in [4.78, 5) is 0. The van der Waals surface area contributed by atoms with E-state index in [2.05, 4.69) is 12.8 Å². The van der Waals surface area contributed by atoms with E-state index in [-0.39, 0.29) is 46.6 Å². The molecule has 0 N–H and O–H groups in total. The van der Waals surface area contributed by atoms with Crippen LogP contribution in [0, 0.1) is 20.3 Å². The van der Waals surface area contributed by atoms with Gasteiger partial charge in [-0.2, -0.15) is 0 Å². The maximum absolute atomic E-state index is 4.00. The zero-order valence-electron chi connectivity index (χ0n) is 5.15. The van der Waals surface area contributed by atoms with Crippen LogP contribution in [-0.2, 0) is 0 Å². The van der Waals surface area contributed by atoms with Crippen LogP contribution in [0.1, 0.15) is 1.43 Å². The Balaban J connectivity index is -0.000000000833. The smallest absolute Gasteiger partial charge is 1.00 e. The number of rotatable bonds is 0. The van der Waals surface area contributed by atoms with Crippen LogP contribution in [0.25, 0.3) is 0 Å². The van der Waals surface area contributed by atoms with Crippen molar-refractivity contribution in [1.29, 1.82) is 0 Å². The van der Waals surface area contributed by atoms with E-state index in [1.807, 2.05) is 0 Å². The molecular weight excluding hydrogens is 49.9 g/mol. The molecule has 2 heteroatoms. The van der Waals surface area contributed by atoms with Gasteiger partial charge in [-0.1, -0.05) is 0 Å². The van der Waals surface area contributed by atoms with Crippen molar-refractivity contribution in [2.45, 2.75) is 0 Å². The number of terminal acetylenes is 1. The van der Waals surface area contributed by atoms with Gasteiger partial charge in [0.25, 0.3) is 0 Å². The Morgan fingerprint density at radius 2 is 1.00 bits per heavy atom. The monoisotopic (exact) mass is 56.1 g/mol. The third-order valence-electron chi connectivity index (χ3n) is 0. The van der Waals surface area contributed by atoms with Gasteiger partial charge in [0.05, 0.1) is 0 Å². The molecule has 0 atom stereocenters. The van der Waals surface area contributed by atoms with Gasteiger partial charge >= 0.3 is 37.7 Å². The Morgan fingerprint density at radius 3 is 1.00 bits per heavy atom. The van der Waals surface area contributed by atoms with Crippen LogP contribution >= 0.6 is 0 Å². The molecule has 0 bridgehead atoms. The first-order chi connectivity index (χ1) is 1.00. The van der Waals surface area contributed by atoms with Crippen molar-refractivity contribution < 1.29 is 39.1 Å². The van der Waals surface area contributed by atoms with E-state index in [0.29, 0.717) is 0 Å². The summed E-state index contributed by atoms with van der Waals surface area (Å²) < 4.78 is 0. The predicted octanol–water partition coefficient (Wildman–Crippen LogP) is -5.18. The van der Waals surface area contributed by atoms with E-state index < -0.39 is 0 Å². The van der Waals surface area contributed by atoms with E-state index in [1.165, 1.54) is 0 Å². The molecule has 0 aliphatic heterocycles. The van der Waals surface area contributed by atoms with E-state index in [9.17, 15) is 0 Å². The fourth-order valence-corrected chi connectivity index (χ4v) is 0. The summed E-state index contributed by atoms with van der Waals surface area (Å²) in [5, 5.41) is 0. The molecule has 0 nitrogen and oxygen atoms in total. The molecule has 0 aromatic carbocycles. The van der Waals surface area contributed by atoms with Crippen molar-refractivity contribution in [3.05, 3.63) is 7.43 Å². The summed E-state index contributed by atoms with van der Waals surface area (Å²) in [7, 11) is 0. The minimum Gasteiger partial charge on any atom is -1.00 e. The third kappa shape index (κ3) is 63.3. The van der Waals surface area contributed by atoms with E-state index in [1.54, 1.807) is 0 Å². The van der Waals surface area contributed by atoms with Crippen LogP contribution in [0.2, 0.25) is 0 Å². The zero-order valence-corrected chi connectivity index (χ0v) is 4.15. The first-order valence-corrected chi connectivity index (χ1v) is 0.333. The molecule has 5 heavy (non-hydrogen) atoms. The van der Waals surface area contributed by atoms with Gasteiger partial charge in [0.1, 0.15) is 0 Å². The van der Waals surface area contributed by atoms with Crippen LogP contribution in [-0.4, -0.2) is 0 Å². The van der Waals surface area contributed by atoms with Crippen molar-refractivity contribution in [2.75, 3.05) is 0 Å². The fraction of sp³-hybridized carbons (Fsp3) is 0. The van der Waals surface area contributed by atoms with Crippen LogP contribution < -0.4 is 37.7 Å². The minimum absolute atomic E-state index is 0. The van der Waals surface area contributed by atoms with Crippen molar-refractivity contribution in [2.24, 2.45) is 0 Å². The topological polar surface area (TPSA) is 0 Å². The Labute approximate surface area is 59.6 Å². The van der Waals surface area contributed by atoms with Crippen LogP contribution in [0.3, 0.4) is 0 Å². The van der Waals surface area contributed by atoms with Crippen molar-refractivity contribution in [3.63, 3.8) is 0 Å². The van der Waals surface area contributed by atoms with Crippen molar-refractivity contribution in [3.8, 4) is 12.8 Å². The average Bonchev–Trinajstić information content (AvgIpc) is 1.00. The van der Waals surface area contributed by atoms with Gasteiger partial charge < -0.3 is 8.85 Å². The molecule has 0 aromatic heterocycles. The summed E-state index contributed by atoms with van der Waals surface area (Å²) in [6.45, 7) is 0. The molecular formula is C3H6Li2. The second-order valence-corrected chi connectivity index (χ2v) is 0. The second kappa shape index (κ2) is 118.